The molecule has 2 atom stereocenters. The Morgan fingerprint density at radius 3 is 2.60 bits per heavy atom. The maximum Gasteiger partial charge on any atom is 0.108 e. The van der Waals surface area contributed by atoms with E-state index in [0.717, 1.165) is 5.56 Å². The van der Waals surface area contributed by atoms with Crippen molar-refractivity contribution in [1.29, 1.82) is 0 Å². The molecule has 0 fully saturated rings. The lowest BCUT2D eigenvalue weighted by Gasteiger charge is -2.21. The molecule has 84 valence electrons. The first-order valence-electron chi connectivity index (χ1n) is 4.93. The Balaban J connectivity index is 2.94. The molecule has 0 aromatic heterocycles. The van der Waals surface area contributed by atoms with Crippen LogP contribution in [0.3, 0.4) is 0 Å². The zero-order chi connectivity index (χ0) is 11.4. The number of nitrogen functional groups attached to an aromatic ring is 1. The van der Waals surface area contributed by atoms with Gasteiger partial charge in [0.15, 0.2) is 0 Å². The highest BCUT2D eigenvalue weighted by molar-refractivity contribution is 5.52. The van der Waals surface area contributed by atoms with Crippen LogP contribution in [-0.4, -0.2) is 29.9 Å². The highest BCUT2D eigenvalue weighted by atomic mass is 16.3. The van der Waals surface area contributed by atoms with E-state index in [1.807, 2.05) is 19.1 Å². The lowest BCUT2D eigenvalue weighted by Crippen LogP contribution is -2.30. The molecular weight excluding hydrogens is 192 g/mol. The summed E-state index contributed by atoms with van der Waals surface area (Å²) < 4.78 is 0. The lowest BCUT2D eigenvalue weighted by molar-refractivity contribution is 0.0203. The van der Waals surface area contributed by atoms with Gasteiger partial charge in [0.05, 0.1) is 6.10 Å². The van der Waals surface area contributed by atoms with Crippen molar-refractivity contribution in [2.75, 3.05) is 19.3 Å². The zero-order valence-electron chi connectivity index (χ0n) is 9.07. The number of hydrogen-bond acceptors (Lipinski definition) is 4. The van der Waals surface area contributed by atoms with Gasteiger partial charge in [-0.1, -0.05) is 12.1 Å². The number of aryl methyl sites for hydroxylation is 1. The largest absolute Gasteiger partial charge is 0.398 e. The first-order valence-corrected chi connectivity index (χ1v) is 4.93. The van der Waals surface area contributed by atoms with E-state index in [-0.39, 0.29) is 0 Å². The monoisotopic (exact) mass is 210 g/mol. The van der Waals surface area contributed by atoms with Crippen LogP contribution in [0.25, 0.3) is 0 Å². The van der Waals surface area contributed by atoms with Crippen LogP contribution in [0.2, 0.25) is 0 Å². The van der Waals surface area contributed by atoms with Crippen LogP contribution in [0.5, 0.6) is 0 Å². The van der Waals surface area contributed by atoms with E-state index in [2.05, 4.69) is 5.32 Å². The van der Waals surface area contributed by atoms with Crippen LogP contribution in [0, 0.1) is 6.92 Å². The molecule has 1 aromatic carbocycles. The van der Waals surface area contributed by atoms with Crippen molar-refractivity contribution in [1.82, 2.24) is 5.32 Å². The Bertz CT molecular complexity index is 308. The zero-order valence-corrected chi connectivity index (χ0v) is 9.07. The van der Waals surface area contributed by atoms with Gasteiger partial charge in [0.25, 0.3) is 0 Å². The molecule has 0 saturated heterocycles. The van der Waals surface area contributed by atoms with E-state index in [0.29, 0.717) is 17.8 Å². The van der Waals surface area contributed by atoms with E-state index in [1.54, 1.807) is 13.1 Å². The normalized spacial score (nSPS) is 14.9. The average molecular weight is 210 g/mol. The second-order valence-electron chi connectivity index (χ2n) is 3.65. The van der Waals surface area contributed by atoms with Gasteiger partial charge in [0.2, 0.25) is 0 Å². The molecule has 5 N–H and O–H groups in total. The minimum atomic E-state index is -0.946. The molecule has 1 rings (SSSR count). The number of likely N-dealkylation sites (N-methyl/N-ethyl adjacent to an activating group) is 1. The first-order chi connectivity index (χ1) is 7.07. The average Bonchev–Trinajstić information content (AvgIpc) is 2.17. The molecule has 0 bridgehead atoms. The van der Waals surface area contributed by atoms with Gasteiger partial charge in [-0.15, -0.1) is 0 Å². The molecule has 0 amide bonds. The fourth-order valence-electron chi connectivity index (χ4n) is 1.62. The maximum atomic E-state index is 9.91. The van der Waals surface area contributed by atoms with Crippen LogP contribution in [0.4, 0.5) is 5.69 Å². The Hall–Kier alpha value is -1.10. The SMILES string of the molecule is CNCC(O)C(O)c1c(C)cccc1N. The summed E-state index contributed by atoms with van der Waals surface area (Å²) in [7, 11) is 1.72. The number of nitrogens with two attached hydrogens (primary N) is 1. The first kappa shape index (κ1) is 12.0. The summed E-state index contributed by atoms with van der Waals surface area (Å²) in [5, 5.41) is 22.4. The number of benzene rings is 1. The van der Waals surface area contributed by atoms with Crippen molar-refractivity contribution in [3.05, 3.63) is 29.3 Å². The smallest absolute Gasteiger partial charge is 0.108 e. The standard InChI is InChI=1S/C11H18N2O2/c1-7-4-3-5-8(12)10(7)11(15)9(14)6-13-2/h3-5,9,11,13-15H,6,12H2,1-2H3. The summed E-state index contributed by atoms with van der Waals surface area (Å²) in [5.74, 6) is 0. The lowest BCUT2D eigenvalue weighted by atomic mass is 9.97. The van der Waals surface area contributed by atoms with Crippen molar-refractivity contribution in [2.24, 2.45) is 0 Å². The van der Waals surface area contributed by atoms with Gasteiger partial charge in [-0.05, 0) is 25.6 Å². The van der Waals surface area contributed by atoms with Crippen LogP contribution in [0.15, 0.2) is 18.2 Å². The van der Waals surface area contributed by atoms with Crippen LogP contribution in [-0.2, 0) is 0 Å². The summed E-state index contributed by atoms with van der Waals surface area (Å²) in [6.45, 7) is 2.19. The fourth-order valence-corrected chi connectivity index (χ4v) is 1.62. The third-order valence-corrected chi connectivity index (χ3v) is 2.43. The van der Waals surface area contributed by atoms with Gasteiger partial charge in [-0.2, -0.15) is 0 Å². The van der Waals surface area contributed by atoms with E-state index in [4.69, 9.17) is 5.73 Å². The molecule has 0 aliphatic rings. The third kappa shape index (κ3) is 2.68. The predicted molar refractivity (Wildman–Crippen MR) is 60.5 cm³/mol. The number of hydrogen-bond donors (Lipinski definition) is 4. The quantitative estimate of drug-likeness (QED) is 0.535. The minimum Gasteiger partial charge on any atom is -0.398 e. The van der Waals surface area contributed by atoms with Gasteiger partial charge >= 0.3 is 0 Å². The number of anilines is 1. The van der Waals surface area contributed by atoms with Crippen LogP contribution in [0.1, 0.15) is 17.2 Å². The molecule has 1 aromatic rings. The molecule has 15 heavy (non-hydrogen) atoms. The summed E-state index contributed by atoms with van der Waals surface area (Å²) in [4.78, 5) is 0. The molecule has 0 spiro atoms. The summed E-state index contributed by atoms with van der Waals surface area (Å²) in [6.07, 6.45) is -1.79. The summed E-state index contributed by atoms with van der Waals surface area (Å²) in [5.41, 5.74) is 7.77. The van der Waals surface area contributed by atoms with Gasteiger partial charge < -0.3 is 21.3 Å². The molecule has 2 unspecified atom stereocenters. The van der Waals surface area contributed by atoms with Crippen LogP contribution >= 0.6 is 0 Å². The van der Waals surface area contributed by atoms with Crippen molar-refractivity contribution >= 4 is 5.69 Å². The van der Waals surface area contributed by atoms with Crippen LogP contribution < -0.4 is 11.1 Å². The molecule has 0 aliphatic heterocycles. The molecular formula is C11H18N2O2. The molecule has 0 saturated carbocycles. The van der Waals surface area contributed by atoms with Gasteiger partial charge in [0.1, 0.15) is 6.10 Å². The Labute approximate surface area is 89.7 Å². The second kappa shape index (κ2) is 5.11. The van der Waals surface area contributed by atoms with E-state index < -0.39 is 12.2 Å². The highest BCUT2D eigenvalue weighted by Crippen LogP contribution is 2.26. The minimum absolute atomic E-state index is 0.328. The van der Waals surface area contributed by atoms with Crippen molar-refractivity contribution in [3.8, 4) is 0 Å². The molecule has 0 heterocycles. The highest BCUT2D eigenvalue weighted by Gasteiger charge is 2.21. The number of aliphatic hydroxyl groups excluding tert-OH is 2. The Kier molecular flexibility index (Phi) is 4.08. The van der Waals surface area contributed by atoms with Crippen molar-refractivity contribution < 1.29 is 10.2 Å². The van der Waals surface area contributed by atoms with E-state index >= 15 is 0 Å². The molecule has 4 nitrogen and oxygen atoms in total. The van der Waals surface area contributed by atoms with Crippen molar-refractivity contribution in [2.45, 2.75) is 19.1 Å². The molecule has 4 heteroatoms. The second-order valence-corrected chi connectivity index (χ2v) is 3.65. The predicted octanol–water partition coefficient (Wildman–Crippen LogP) is 0.191. The number of aliphatic hydroxyl groups is 2. The van der Waals surface area contributed by atoms with E-state index in [1.165, 1.54) is 0 Å². The van der Waals surface area contributed by atoms with Crippen molar-refractivity contribution in [3.63, 3.8) is 0 Å². The summed E-state index contributed by atoms with van der Waals surface area (Å²) in [6, 6.07) is 5.41. The van der Waals surface area contributed by atoms with Gasteiger partial charge in [-0.25, -0.2) is 0 Å². The topological polar surface area (TPSA) is 78.5 Å². The van der Waals surface area contributed by atoms with Gasteiger partial charge in [0, 0.05) is 17.8 Å². The Morgan fingerprint density at radius 2 is 2.07 bits per heavy atom. The fraction of sp³-hybridized carbons (Fsp3) is 0.455. The summed E-state index contributed by atoms with van der Waals surface area (Å²) >= 11 is 0. The van der Waals surface area contributed by atoms with E-state index in [9.17, 15) is 10.2 Å². The Morgan fingerprint density at radius 1 is 1.40 bits per heavy atom. The maximum absolute atomic E-state index is 9.91. The number of nitrogens with one attached hydrogen (secondary N) is 1. The molecule has 0 radical (unpaired) electrons. The van der Waals surface area contributed by atoms with Gasteiger partial charge in [-0.3, -0.25) is 0 Å². The molecule has 0 aliphatic carbocycles. The third-order valence-electron chi connectivity index (χ3n) is 2.43. The number of rotatable bonds is 4.